The van der Waals surface area contributed by atoms with Gasteiger partial charge >= 0.3 is 6.18 Å². The minimum absolute atomic E-state index is 0.0400. The Balaban J connectivity index is 1.61. The van der Waals surface area contributed by atoms with Crippen molar-refractivity contribution >= 4 is 40.5 Å². The van der Waals surface area contributed by atoms with E-state index in [1.165, 1.54) is 23.5 Å². The summed E-state index contributed by atoms with van der Waals surface area (Å²) in [5.74, 6) is 1.09. The van der Waals surface area contributed by atoms with Crippen molar-refractivity contribution in [2.75, 3.05) is 5.32 Å². The Morgan fingerprint density at radius 3 is 2.79 bits per heavy atom. The van der Waals surface area contributed by atoms with Gasteiger partial charge in [0.15, 0.2) is 0 Å². The molecule has 1 heterocycles. The summed E-state index contributed by atoms with van der Waals surface area (Å²) in [6.07, 6.45) is 2.71. The van der Waals surface area contributed by atoms with Crippen LogP contribution >= 0.6 is 22.9 Å². The number of alkyl halides is 3. The van der Waals surface area contributed by atoms with E-state index in [1.54, 1.807) is 17.8 Å². The number of nitrogens with zero attached hydrogens (tertiary/aromatic N) is 1. The Kier molecular flexibility index (Phi) is 7.23. The number of nitrogens with one attached hydrogen (secondary N) is 3. The van der Waals surface area contributed by atoms with Crippen molar-refractivity contribution in [1.82, 2.24) is 10.3 Å². The van der Waals surface area contributed by atoms with Gasteiger partial charge in [0.2, 0.25) is 0 Å². The second-order valence-corrected chi connectivity index (χ2v) is 10.00. The van der Waals surface area contributed by atoms with Gasteiger partial charge in [-0.05, 0) is 54.9 Å². The van der Waals surface area contributed by atoms with Gasteiger partial charge in [-0.2, -0.15) is 13.2 Å². The normalized spacial score (nSPS) is 27.1. The van der Waals surface area contributed by atoms with Gasteiger partial charge in [0.05, 0.1) is 28.2 Å². The molecule has 10 heteroatoms. The van der Waals surface area contributed by atoms with E-state index in [0.29, 0.717) is 23.2 Å². The molecule has 0 radical (unpaired) electrons. The molecule has 1 aromatic heterocycles. The van der Waals surface area contributed by atoms with Crippen LogP contribution < -0.4 is 16.4 Å². The van der Waals surface area contributed by atoms with Crippen LogP contribution in [0.15, 0.2) is 47.1 Å². The standard InChI is InChI=1S/C24H27ClF3N5S/c1-2-15-17(8-13-7-16(13)23(15)31-10-19(30)22-11-34-12-32-22)20(5-6-29)33-21-9-14(25)3-4-18(21)24(26,27)28/h3-6,9-13,15-17,23,29,31,33H,2,7-8,30H2,1H3/b19-10-,20-5-,29-6?. The minimum atomic E-state index is -4.52. The van der Waals surface area contributed by atoms with Gasteiger partial charge in [0.25, 0.3) is 0 Å². The van der Waals surface area contributed by atoms with Crippen LogP contribution in [0.5, 0.6) is 0 Å². The number of halogens is 4. The molecule has 0 saturated heterocycles. The number of fused-ring (bicyclic) bond motifs is 1. The predicted octanol–water partition coefficient (Wildman–Crippen LogP) is 6.36. The van der Waals surface area contributed by atoms with E-state index in [4.69, 9.17) is 22.7 Å². The van der Waals surface area contributed by atoms with Gasteiger partial charge < -0.3 is 21.8 Å². The van der Waals surface area contributed by atoms with Gasteiger partial charge in [-0.3, -0.25) is 0 Å². The van der Waals surface area contributed by atoms with Crippen LogP contribution in [0.25, 0.3) is 5.70 Å². The van der Waals surface area contributed by atoms with E-state index < -0.39 is 11.7 Å². The summed E-state index contributed by atoms with van der Waals surface area (Å²) in [5, 5.41) is 16.3. The van der Waals surface area contributed by atoms with Crippen molar-refractivity contribution in [1.29, 1.82) is 5.41 Å². The summed E-state index contributed by atoms with van der Waals surface area (Å²) in [7, 11) is 0. The highest BCUT2D eigenvalue weighted by Crippen LogP contribution is 2.56. The molecule has 2 fully saturated rings. The van der Waals surface area contributed by atoms with Crippen molar-refractivity contribution in [3.8, 4) is 0 Å². The van der Waals surface area contributed by atoms with Gasteiger partial charge in [0.1, 0.15) is 0 Å². The van der Waals surface area contributed by atoms with Crippen LogP contribution in [-0.2, 0) is 6.18 Å². The first-order valence-electron chi connectivity index (χ1n) is 11.2. The number of anilines is 1. The number of benzene rings is 1. The van der Waals surface area contributed by atoms with Crippen molar-refractivity contribution in [2.24, 2.45) is 29.4 Å². The molecule has 2 aliphatic carbocycles. The molecular formula is C24H27ClF3N5S. The summed E-state index contributed by atoms with van der Waals surface area (Å²) < 4.78 is 40.9. The van der Waals surface area contributed by atoms with Crippen LogP contribution in [0, 0.1) is 29.1 Å². The monoisotopic (exact) mass is 509 g/mol. The molecule has 5 N–H and O–H groups in total. The molecule has 0 bridgehead atoms. The number of hydrogen-bond acceptors (Lipinski definition) is 6. The fourth-order valence-electron chi connectivity index (χ4n) is 5.18. The average molecular weight is 510 g/mol. The lowest BCUT2D eigenvalue weighted by atomic mass is 9.72. The molecule has 4 rings (SSSR count). The number of aromatic nitrogens is 1. The molecule has 2 aliphatic rings. The molecule has 0 spiro atoms. The molecule has 1 aromatic carbocycles. The first-order valence-corrected chi connectivity index (χ1v) is 12.5. The van der Waals surface area contributed by atoms with Crippen LogP contribution in [0.4, 0.5) is 18.9 Å². The zero-order chi connectivity index (χ0) is 24.5. The molecule has 0 aliphatic heterocycles. The third kappa shape index (κ3) is 5.25. The molecule has 5 nitrogen and oxygen atoms in total. The van der Waals surface area contributed by atoms with Gasteiger partial charge in [0, 0.05) is 40.5 Å². The largest absolute Gasteiger partial charge is 0.418 e. The fraction of sp³-hybridized carbons (Fsp3) is 0.417. The van der Waals surface area contributed by atoms with E-state index in [0.717, 1.165) is 37.2 Å². The van der Waals surface area contributed by atoms with E-state index >= 15 is 0 Å². The van der Waals surface area contributed by atoms with Crippen LogP contribution in [0.1, 0.15) is 37.4 Å². The lowest BCUT2D eigenvalue weighted by molar-refractivity contribution is -0.136. The Hall–Kier alpha value is -2.52. The minimum Gasteiger partial charge on any atom is -0.396 e. The number of nitrogens with two attached hydrogens (primary N) is 1. The van der Waals surface area contributed by atoms with Gasteiger partial charge in [-0.1, -0.05) is 24.9 Å². The Labute approximate surface area is 205 Å². The molecule has 5 unspecified atom stereocenters. The highest BCUT2D eigenvalue weighted by atomic mass is 35.5. The zero-order valence-corrected chi connectivity index (χ0v) is 20.1. The van der Waals surface area contributed by atoms with Crippen molar-refractivity contribution in [3.05, 3.63) is 63.3 Å². The lowest BCUT2D eigenvalue weighted by Crippen LogP contribution is -2.44. The Morgan fingerprint density at radius 2 is 2.15 bits per heavy atom. The molecular weight excluding hydrogens is 483 g/mol. The molecule has 182 valence electrons. The van der Waals surface area contributed by atoms with E-state index in [9.17, 15) is 13.2 Å². The van der Waals surface area contributed by atoms with Crippen LogP contribution in [0.2, 0.25) is 5.02 Å². The van der Waals surface area contributed by atoms with Crippen molar-refractivity contribution in [2.45, 2.75) is 38.4 Å². The highest BCUT2D eigenvalue weighted by Gasteiger charge is 2.53. The summed E-state index contributed by atoms with van der Waals surface area (Å²) >= 11 is 7.50. The number of hydrogen-bond donors (Lipinski definition) is 4. The van der Waals surface area contributed by atoms with Crippen LogP contribution in [-0.4, -0.2) is 17.2 Å². The first kappa shape index (κ1) is 24.6. The van der Waals surface area contributed by atoms with Crippen molar-refractivity contribution in [3.63, 3.8) is 0 Å². The topological polar surface area (TPSA) is 86.8 Å². The second-order valence-electron chi connectivity index (χ2n) is 8.84. The van der Waals surface area contributed by atoms with Crippen LogP contribution in [0.3, 0.4) is 0 Å². The van der Waals surface area contributed by atoms with Crippen molar-refractivity contribution < 1.29 is 13.2 Å². The molecule has 34 heavy (non-hydrogen) atoms. The summed E-state index contributed by atoms with van der Waals surface area (Å²) in [6, 6.07) is 3.64. The van der Waals surface area contributed by atoms with Gasteiger partial charge in [-0.15, -0.1) is 11.3 Å². The maximum Gasteiger partial charge on any atom is 0.418 e. The Bertz CT molecular complexity index is 1080. The van der Waals surface area contributed by atoms with E-state index in [2.05, 4.69) is 22.5 Å². The SMILES string of the molecule is CCC1C(/C(=C/C=N)Nc2cc(Cl)ccc2C(F)(F)F)CC2CC2C1N/C=C(\N)c1cscn1. The highest BCUT2D eigenvalue weighted by molar-refractivity contribution is 7.07. The fourth-order valence-corrected chi connectivity index (χ4v) is 5.91. The number of rotatable bonds is 8. The Morgan fingerprint density at radius 1 is 1.35 bits per heavy atom. The summed E-state index contributed by atoms with van der Waals surface area (Å²) in [5.41, 5.74) is 8.91. The number of thiazole rings is 1. The molecule has 2 aromatic rings. The average Bonchev–Trinajstić information content (AvgIpc) is 3.35. The van der Waals surface area contributed by atoms with Gasteiger partial charge in [-0.25, -0.2) is 4.98 Å². The molecule has 5 atom stereocenters. The zero-order valence-electron chi connectivity index (χ0n) is 18.6. The first-order chi connectivity index (χ1) is 16.2. The quantitative estimate of drug-likeness (QED) is 0.312. The maximum absolute atomic E-state index is 13.6. The van der Waals surface area contributed by atoms with E-state index in [-0.39, 0.29) is 28.6 Å². The third-order valence-electron chi connectivity index (χ3n) is 6.83. The summed E-state index contributed by atoms with van der Waals surface area (Å²) in [4.78, 5) is 4.24. The molecule has 0 amide bonds. The third-order valence-corrected chi connectivity index (χ3v) is 7.65. The second kappa shape index (κ2) is 10.00. The predicted molar refractivity (Wildman–Crippen MR) is 132 cm³/mol. The number of allylic oxidation sites excluding steroid dienone is 2. The molecule has 2 saturated carbocycles. The lowest BCUT2D eigenvalue weighted by Gasteiger charge is -2.39. The summed E-state index contributed by atoms with van der Waals surface area (Å²) in [6.45, 7) is 2.09. The van der Waals surface area contributed by atoms with E-state index in [1.807, 2.05) is 5.38 Å². The maximum atomic E-state index is 13.6. The smallest absolute Gasteiger partial charge is 0.396 e.